The Morgan fingerprint density at radius 3 is 2.39 bits per heavy atom. The molecule has 6 heteroatoms. The molecule has 0 bridgehead atoms. The van der Waals surface area contributed by atoms with Crippen molar-refractivity contribution in [3.8, 4) is 0 Å². The fourth-order valence-corrected chi connectivity index (χ4v) is 6.84. The zero-order valence-corrected chi connectivity index (χ0v) is 24.2. The van der Waals surface area contributed by atoms with E-state index in [4.69, 9.17) is 12.2 Å². The molecule has 202 valence electrons. The zero-order chi connectivity index (χ0) is 26.9. The van der Waals surface area contributed by atoms with E-state index >= 15 is 0 Å². The van der Waals surface area contributed by atoms with E-state index in [1.165, 1.54) is 24.9 Å². The first-order chi connectivity index (χ1) is 18.3. The maximum atomic E-state index is 14.0. The van der Waals surface area contributed by atoms with Gasteiger partial charge in [0.05, 0.1) is 17.4 Å². The number of anilines is 3. The molecule has 2 aromatic rings. The van der Waals surface area contributed by atoms with Crippen LogP contribution >= 0.6 is 12.2 Å². The lowest BCUT2D eigenvalue weighted by atomic mass is 9.73. The Hall–Kier alpha value is -2.86. The Kier molecular flexibility index (Phi) is 7.80. The lowest BCUT2D eigenvalue weighted by molar-refractivity contribution is -0.118. The van der Waals surface area contributed by atoms with E-state index in [1.54, 1.807) is 0 Å². The lowest BCUT2D eigenvalue weighted by Gasteiger charge is -2.39. The molecular formula is C32H42N4OS. The summed E-state index contributed by atoms with van der Waals surface area (Å²) in [5.74, 6) is 0.208. The van der Waals surface area contributed by atoms with E-state index in [2.05, 4.69) is 96.7 Å². The summed E-state index contributed by atoms with van der Waals surface area (Å²) in [5, 5.41) is 8.13. The van der Waals surface area contributed by atoms with Gasteiger partial charge < -0.3 is 20.4 Å². The van der Waals surface area contributed by atoms with Crippen LogP contribution in [0.3, 0.4) is 0 Å². The van der Waals surface area contributed by atoms with Gasteiger partial charge in [-0.15, -0.1) is 0 Å². The number of nitrogens with zero attached hydrogens (tertiary/aromatic N) is 2. The molecule has 0 amide bonds. The standard InChI is InChI=1S/C32H42N4OS/c1-5-35(6-2)24-18-16-22(17-19-24)30-29-26(20-32(3,4)21-28(29)37)34-25-14-10-11-15-27(25)36(30)31(38)33-23-12-8-7-9-13-23/h10-11,14-19,23,30,34H,5-9,12-13,20-21H2,1-4H3,(H,33,38)/t30-/m0/s1. The average Bonchev–Trinajstić information content (AvgIpc) is 3.04. The summed E-state index contributed by atoms with van der Waals surface area (Å²) in [6.07, 6.45) is 7.40. The Bertz CT molecular complexity index is 1210. The first-order valence-corrected chi connectivity index (χ1v) is 14.8. The fourth-order valence-electron chi connectivity index (χ4n) is 6.47. The number of para-hydroxylation sites is 2. The quantitative estimate of drug-likeness (QED) is 0.394. The highest BCUT2D eigenvalue weighted by Gasteiger charge is 2.42. The first kappa shape index (κ1) is 26.7. The Morgan fingerprint density at radius 2 is 1.71 bits per heavy atom. The van der Waals surface area contributed by atoms with Gasteiger partial charge in [-0.25, -0.2) is 0 Å². The van der Waals surface area contributed by atoms with Gasteiger partial charge in [0.25, 0.3) is 0 Å². The smallest absolute Gasteiger partial charge is 0.174 e. The zero-order valence-electron chi connectivity index (χ0n) is 23.3. The van der Waals surface area contributed by atoms with Gasteiger partial charge in [0, 0.05) is 42.5 Å². The van der Waals surface area contributed by atoms with Gasteiger partial charge in [0.1, 0.15) is 0 Å². The molecule has 2 aromatic carbocycles. The van der Waals surface area contributed by atoms with Gasteiger partial charge in [0.15, 0.2) is 10.9 Å². The molecule has 1 heterocycles. The predicted octanol–water partition coefficient (Wildman–Crippen LogP) is 7.36. The highest BCUT2D eigenvalue weighted by atomic mass is 32.1. The molecule has 0 saturated heterocycles. The predicted molar refractivity (Wildman–Crippen MR) is 163 cm³/mol. The van der Waals surface area contributed by atoms with Crippen molar-refractivity contribution >= 4 is 40.2 Å². The van der Waals surface area contributed by atoms with Crippen LogP contribution in [-0.2, 0) is 4.79 Å². The van der Waals surface area contributed by atoms with E-state index in [0.717, 1.165) is 60.6 Å². The molecule has 3 aliphatic rings. The van der Waals surface area contributed by atoms with Crippen LogP contribution in [0.5, 0.6) is 0 Å². The number of carbonyl (C=O) groups is 1. The highest BCUT2D eigenvalue weighted by Crippen LogP contribution is 2.48. The minimum atomic E-state index is -0.293. The van der Waals surface area contributed by atoms with Crippen molar-refractivity contribution in [1.29, 1.82) is 0 Å². The molecule has 38 heavy (non-hydrogen) atoms. The van der Waals surface area contributed by atoms with Crippen molar-refractivity contribution in [2.75, 3.05) is 28.2 Å². The molecule has 5 rings (SSSR count). The summed E-state index contributed by atoms with van der Waals surface area (Å²) in [6.45, 7) is 10.7. The molecule has 0 radical (unpaired) electrons. The molecule has 2 N–H and O–H groups in total. The van der Waals surface area contributed by atoms with Crippen LogP contribution in [0, 0.1) is 5.41 Å². The topological polar surface area (TPSA) is 47.6 Å². The van der Waals surface area contributed by atoms with Crippen LogP contribution in [0.15, 0.2) is 59.8 Å². The number of hydrogen-bond acceptors (Lipinski definition) is 4. The summed E-state index contributed by atoms with van der Waals surface area (Å²) < 4.78 is 0. The number of ketones is 1. The normalized spacial score (nSPS) is 21.2. The van der Waals surface area contributed by atoms with Crippen LogP contribution < -0.4 is 20.4 Å². The van der Waals surface area contributed by atoms with Gasteiger partial charge in [0.2, 0.25) is 0 Å². The highest BCUT2D eigenvalue weighted by molar-refractivity contribution is 7.80. The van der Waals surface area contributed by atoms with Crippen molar-refractivity contribution in [2.24, 2.45) is 5.41 Å². The number of allylic oxidation sites excluding steroid dienone is 1. The van der Waals surface area contributed by atoms with Gasteiger partial charge in [-0.2, -0.15) is 0 Å². The van der Waals surface area contributed by atoms with Crippen LogP contribution in [0.1, 0.15) is 84.2 Å². The lowest BCUT2D eigenvalue weighted by Crippen LogP contribution is -2.48. The minimum absolute atomic E-state index is 0.0922. The van der Waals surface area contributed by atoms with Crippen LogP contribution in [0.4, 0.5) is 17.1 Å². The number of rotatable bonds is 5. The number of nitrogens with one attached hydrogen (secondary N) is 2. The number of thiocarbonyl (C=S) groups is 1. The molecule has 0 spiro atoms. The van der Waals surface area contributed by atoms with Crippen molar-refractivity contribution in [3.63, 3.8) is 0 Å². The van der Waals surface area contributed by atoms with Crippen molar-refractivity contribution in [1.82, 2.24) is 5.32 Å². The van der Waals surface area contributed by atoms with Crippen molar-refractivity contribution < 1.29 is 4.79 Å². The van der Waals surface area contributed by atoms with Crippen LogP contribution in [0.25, 0.3) is 0 Å². The number of carbonyl (C=O) groups excluding carboxylic acids is 1. The third kappa shape index (κ3) is 5.33. The van der Waals surface area contributed by atoms with E-state index in [0.29, 0.717) is 17.6 Å². The summed E-state index contributed by atoms with van der Waals surface area (Å²) in [6, 6.07) is 17.2. The number of Topliss-reactive ketones (excluding diaryl/α,β-unsaturated/α-hetero) is 1. The SMILES string of the molecule is CCN(CC)c1ccc([C@H]2C3=C(CC(C)(C)CC3=O)Nc3ccccc3N2C(=S)NC2CCCCC2)cc1. The molecule has 5 nitrogen and oxygen atoms in total. The van der Waals surface area contributed by atoms with Crippen LogP contribution in [-0.4, -0.2) is 30.0 Å². The second-order valence-corrected chi connectivity index (χ2v) is 12.2. The Balaban J connectivity index is 1.65. The maximum Gasteiger partial charge on any atom is 0.174 e. The average molecular weight is 531 g/mol. The fraction of sp³-hybridized carbons (Fsp3) is 0.500. The Labute approximate surface area is 233 Å². The molecule has 0 aromatic heterocycles. The molecule has 1 aliphatic heterocycles. The second kappa shape index (κ2) is 11.1. The van der Waals surface area contributed by atoms with Gasteiger partial charge in [-0.1, -0.05) is 57.4 Å². The molecule has 1 atom stereocenters. The monoisotopic (exact) mass is 530 g/mol. The second-order valence-electron chi connectivity index (χ2n) is 11.8. The van der Waals surface area contributed by atoms with E-state index in [-0.39, 0.29) is 17.2 Å². The van der Waals surface area contributed by atoms with E-state index in [1.807, 2.05) is 0 Å². The number of benzene rings is 2. The summed E-state index contributed by atoms with van der Waals surface area (Å²) in [7, 11) is 0. The summed E-state index contributed by atoms with van der Waals surface area (Å²) in [4.78, 5) is 18.5. The molecule has 1 fully saturated rings. The molecule has 0 unspecified atom stereocenters. The number of fused-ring (bicyclic) bond motifs is 1. The maximum absolute atomic E-state index is 14.0. The summed E-state index contributed by atoms with van der Waals surface area (Å²) >= 11 is 6.20. The summed E-state index contributed by atoms with van der Waals surface area (Å²) in [5.41, 5.74) is 6.09. The van der Waals surface area contributed by atoms with Gasteiger partial charge >= 0.3 is 0 Å². The van der Waals surface area contributed by atoms with Crippen molar-refractivity contribution in [2.45, 2.75) is 84.7 Å². The number of hydrogen-bond donors (Lipinski definition) is 2. The van der Waals surface area contributed by atoms with Gasteiger partial charge in [-0.05, 0) is 80.6 Å². The third-order valence-electron chi connectivity index (χ3n) is 8.39. The Morgan fingerprint density at radius 1 is 1.03 bits per heavy atom. The minimum Gasteiger partial charge on any atom is -0.372 e. The van der Waals surface area contributed by atoms with E-state index in [9.17, 15) is 4.79 Å². The van der Waals surface area contributed by atoms with Crippen LogP contribution in [0.2, 0.25) is 0 Å². The largest absolute Gasteiger partial charge is 0.372 e. The molecule has 1 saturated carbocycles. The first-order valence-electron chi connectivity index (χ1n) is 14.4. The van der Waals surface area contributed by atoms with Crippen molar-refractivity contribution in [3.05, 3.63) is 65.4 Å². The molecular weight excluding hydrogens is 488 g/mol. The van der Waals surface area contributed by atoms with Gasteiger partial charge in [-0.3, -0.25) is 4.79 Å². The molecule has 2 aliphatic carbocycles. The third-order valence-corrected chi connectivity index (χ3v) is 8.70. The van der Waals surface area contributed by atoms with E-state index < -0.39 is 0 Å².